The summed E-state index contributed by atoms with van der Waals surface area (Å²) in [7, 11) is 0. The highest BCUT2D eigenvalue weighted by Crippen LogP contribution is 2.26. The number of aromatic nitrogens is 4. The Labute approximate surface area is 106 Å². The fourth-order valence-corrected chi connectivity index (χ4v) is 2.01. The molecule has 0 amide bonds. The van der Waals surface area contributed by atoms with Gasteiger partial charge in [0.25, 0.3) is 0 Å². The maximum Gasteiger partial charge on any atom is 0.223 e. The Morgan fingerprint density at radius 1 is 1.56 bits per heavy atom. The molecule has 3 heterocycles. The van der Waals surface area contributed by atoms with Crippen molar-refractivity contribution in [3.05, 3.63) is 11.5 Å². The van der Waals surface area contributed by atoms with Crippen LogP contribution in [0.1, 0.15) is 6.23 Å². The van der Waals surface area contributed by atoms with Gasteiger partial charge in [-0.3, -0.25) is 4.57 Å². The normalized spacial score (nSPS) is 23.9. The van der Waals surface area contributed by atoms with Crippen LogP contribution in [0.15, 0.2) is 6.33 Å². The topological polar surface area (TPSA) is 108 Å². The first-order valence-electron chi connectivity index (χ1n) is 5.22. The van der Waals surface area contributed by atoms with Crippen LogP contribution in [0.3, 0.4) is 0 Å². The molecule has 8 nitrogen and oxygen atoms in total. The van der Waals surface area contributed by atoms with Crippen LogP contribution < -0.4 is 5.73 Å². The van der Waals surface area contributed by atoms with E-state index in [0.29, 0.717) is 11.2 Å². The third-order valence-corrected chi connectivity index (χ3v) is 2.85. The van der Waals surface area contributed by atoms with Crippen LogP contribution in [0.5, 0.6) is 0 Å². The molecule has 2 aromatic heterocycles. The van der Waals surface area contributed by atoms with Crippen LogP contribution in [0.4, 0.5) is 5.95 Å². The smallest absolute Gasteiger partial charge is 0.223 e. The first-order chi connectivity index (χ1) is 8.69. The lowest BCUT2D eigenvalue weighted by Crippen LogP contribution is -2.15. The first kappa shape index (κ1) is 11.6. The molecule has 0 aromatic carbocycles. The number of rotatable bonds is 2. The molecule has 0 aliphatic carbocycles. The number of fused-ring (bicyclic) bond motifs is 1. The van der Waals surface area contributed by atoms with Crippen molar-refractivity contribution in [3.63, 3.8) is 0 Å². The molecule has 1 fully saturated rings. The van der Waals surface area contributed by atoms with Crippen molar-refractivity contribution < 1.29 is 14.6 Å². The SMILES string of the molecule is Nc1nc(Cl)c2ncn([C@H]3CO[C@@H](CO)O3)c2n1. The second-order valence-corrected chi connectivity index (χ2v) is 4.09. The predicted molar refractivity (Wildman–Crippen MR) is 61.7 cm³/mol. The van der Waals surface area contributed by atoms with E-state index in [9.17, 15) is 0 Å². The number of anilines is 1. The Morgan fingerprint density at radius 3 is 3.11 bits per heavy atom. The van der Waals surface area contributed by atoms with Crippen LogP contribution >= 0.6 is 11.6 Å². The Balaban J connectivity index is 2.03. The van der Waals surface area contributed by atoms with E-state index in [1.165, 1.54) is 6.33 Å². The van der Waals surface area contributed by atoms with Gasteiger partial charge >= 0.3 is 0 Å². The van der Waals surface area contributed by atoms with Gasteiger partial charge < -0.3 is 20.3 Å². The van der Waals surface area contributed by atoms with Crippen LogP contribution in [0, 0.1) is 0 Å². The van der Waals surface area contributed by atoms with E-state index < -0.39 is 12.5 Å². The Bertz CT molecular complexity index is 589. The molecule has 18 heavy (non-hydrogen) atoms. The molecule has 2 aromatic rings. The fourth-order valence-electron chi connectivity index (χ4n) is 1.79. The predicted octanol–water partition coefficient (Wildman–Crippen LogP) is -0.0743. The molecule has 1 aliphatic rings. The van der Waals surface area contributed by atoms with Crippen LogP contribution in [0.25, 0.3) is 11.2 Å². The molecule has 1 aliphatic heterocycles. The highest BCUT2D eigenvalue weighted by Gasteiger charge is 2.28. The van der Waals surface area contributed by atoms with Crippen molar-refractivity contribution in [1.82, 2.24) is 19.5 Å². The maximum absolute atomic E-state index is 8.94. The van der Waals surface area contributed by atoms with Gasteiger partial charge in [0.1, 0.15) is 5.52 Å². The molecule has 0 saturated carbocycles. The number of nitrogens with zero attached hydrogens (tertiary/aromatic N) is 4. The lowest BCUT2D eigenvalue weighted by atomic mass is 10.5. The quantitative estimate of drug-likeness (QED) is 0.736. The van der Waals surface area contributed by atoms with Gasteiger partial charge in [-0.1, -0.05) is 11.6 Å². The molecule has 3 rings (SSSR count). The molecule has 9 heteroatoms. The second kappa shape index (κ2) is 4.32. The van der Waals surface area contributed by atoms with E-state index in [0.717, 1.165) is 0 Å². The summed E-state index contributed by atoms with van der Waals surface area (Å²) in [6.07, 6.45) is 0.470. The summed E-state index contributed by atoms with van der Waals surface area (Å²) in [5.41, 5.74) is 6.46. The fraction of sp³-hybridized carbons (Fsp3) is 0.444. The standard InChI is InChI=1S/C9H10ClN5O3/c10-7-6-8(14-9(11)13-7)15(3-12-6)4-2-17-5(1-16)18-4/h3-5,16H,1-2H2,(H2,11,13,14)/t4-,5-/m1/s1. The van der Waals surface area contributed by atoms with Crippen molar-refractivity contribution in [2.75, 3.05) is 18.9 Å². The molecule has 2 atom stereocenters. The third kappa shape index (κ3) is 1.79. The first-order valence-corrected chi connectivity index (χ1v) is 5.60. The zero-order valence-electron chi connectivity index (χ0n) is 9.15. The van der Waals surface area contributed by atoms with E-state index in [2.05, 4.69) is 15.0 Å². The molecule has 1 saturated heterocycles. The summed E-state index contributed by atoms with van der Waals surface area (Å²) in [5.74, 6) is 0.0619. The van der Waals surface area contributed by atoms with Crippen molar-refractivity contribution in [3.8, 4) is 0 Å². The van der Waals surface area contributed by atoms with Gasteiger partial charge in [-0.25, -0.2) is 4.98 Å². The summed E-state index contributed by atoms with van der Waals surface area (Å²) in [4.78, 5) is 12.0. The molecule has 0 bridgehead atoms. The number of nitrogen functional groups attached to an aromatic ring is 1. The van der Waals surface area contributed by atoms with E-state index in [1.54, 1.807) is 4.57 Å². The third-order valence-electron chi connectivity index (χ3n) is 2.59. The molecule has 3 N–H and O–H groups in total. The lowest BCUT2D eigenvalue weighted by Gasteiger charge is -2.11. The minimum Gasteiger partial charge on any atom is -0.391 e. The summed E-state index contributed by atoms with van der Waals surface area (Å²) in [6.45, 7) is 0.0826. The Kier molecular flexibility index (Phi) is 2.78. The number of hydrogen-bond acceptors (Lipinski definition) is 7. The average Bonchev–Trinajstić information content (AvgIpc) is 2.93. The average molecular weight is 272 g/mol. The van der Waals surface area contributed by atoms with Crippen molar-refractivity contribution in [2.45, 2.75) is 12.5 Å². The summed E-state index contributed by atoms with van der Waals surface area (Å²) < 4.78 is 12.3. The van der Waals surface area contributed by atoms with Crippen molar-refractivity contribution in [1.29, 1.82) is 0 Å². The summed E-state index contributed by atoms with van der Waals surface area (Å²) in [6, 6.07) is 0. The minimum atomic E-state index is -0.637. The van der Waals surface area contributed by atoms with E-state index in [4.69, 9.17) is 31.9 Å². The molecule has 96 valence electrons. The minimum absolute atomic E-state index is 0.0619. The van der Waals surface area contributed by atoms with Gasteiger partial charge in [-0.15, -0.1) is 0 Å². The molecule has 0 spiro atoms. The van der Waals surface area contributed by atoms with E-state index in [-0.39, 0.29) is 24.3 Å². The van der Waals surface area contributed by atoms with Crippen molar-refractivity contribution >= 4 is 28.7 Å². The van der Waals surface area contributed by atoms with Crippen LogP contribution in [-0.4, -0.2) is 44.1 Å². The number of ether oxygens (including phenoxy) is 2. The second-order valence-electron chi connectivity index (χ2n) is 3.73. The summed E-state index contributed by atoms with van der Waals surface area (Å²) >= 11 is 5.92. The van der Waals surface area contributed by atoms with Gasteiger partial charge in [-0.05, 0) is 0 Å². The molecular weight excluding hydrogens is 262 g/mol. The van der Waals surface area contributed by atoms with Crippen LogP contribution in [-0.2, 0) is 9.47 Å². The Hall–Kier alpha value is -1.48. The number of imidazole rings is 1. The zero-order chi connectivity index (χ0) is 12.7. The lowest BCUT2D eigenvalue weighted by molar-refractivity contribution is -0.0980. The number of aliphatic hydroxyl groups excluding tert-OH is 1. The maximum atomic E-state index is 8.94. The van der Waals surface area contributed by atoms with Gasteiger partial charge in [0, 0.05) is 0 Å². The number of aliphatic hydroxyl groups is 1. The largest absolute Gasteiger partial charge is 0.391 e. The van der Waals surface area contributed by atoms with Gasteiger partial charge in [0.2, 0.25) is 5.95 Å². The molecular formula is C9H10ClN5O3. The highest BCUT2D eigenvalue weighted by molar-refractivity contribution is 6.33. The van der Waals surface area contributed by atoms with E-state index in [1.807, 2.05) is 0 Å². The van der Waals surface area contributed by atoms with Crippen molar-refractivity contribution in [2.24, 2.45) is 0 Å². The number of halogens is 1. The van der Waals surface area contributed by atoms with Gasteiger partial charge in [0.05, 0.1) is 19.5 Å². The Morgan fingerprint density at radius 2 is 2.39 bits per heavy atom. The van der Waals surface area contributed by atoms with Gasteiger partial charge in [-0.2, -0.15) is 9.97 Å². The number of hydrogen-bond donors (Lipinski definition) is 2. The monoisotopic (exact) mass is 271 g/mol. The van der Waals surface area contributed by atoms with Gasteiger partial charge in [0.15, 0.2) is 23.3 Å². The summed E-state index contributed by atoms with van der Waals surface area (Å²) in [5, 5.41) is 9.13. The highest BCUT2D eigenvalue weighted by atomic mass is 35.5. The van der Waals surface area contributed by atoms with E-state index >= 15 is 0 Å². The zero-order valence-corrected chi connectivity index (χ0v) is 9.91. The van der Waals surface area contributed by atoms with Crippen LogP contribution in [0.2, 0.25) is 5.15 Å². The molecule has 0 radical (unpaired) electrons. The number of nitrogens with two attached hydrogens (primary N) is 1. The molecule has 0 unspecified atom stereocenters.